The summed E-state index contributed by atoms with van der Waals surface area (Å²) in [6.07, 6.45) is 7.26. The fraction of sp³-hybridized carbons (Fsp3) is 0.619. The average Bonchev–Trinajstić information content (AvgIpc) is 3.11. The zero-order valence-electron chi connectivity index (χ0n) is 17.5. The van der Waals surface area contributed by atoms with E-state index >= 15 is 0 Å². The predicted octanol–water partition coefficient (Wildman–Crippen LogP) is 2.92. The van der Waals surface area contributed by atoms with Crippen LogP contribution in [-0.4, -0.2) is 68.8 Å². The predicted molar refractivity (Wildman–Crippen MR) is 116 cm³/mol. The summed E-state index contributed by atoms with van der Waals surface area (Å²) >= 11 is 1.53. The maximum atomic E-state index is 13.1. The largest absolute Gasteiger partial charge is 0.496 e. The minimum Gasteiger partial charge on any atom is -0.496 e. The number of methoxy groups -OCH3 is 1. The molecule has 30 heavy (non-hydrogen) atoms. The number of sulfone groups is 1. The average molecular weight is 456 g/mol. The molecule has 1 atom stereocenters. The van der Waals surface area contributed by atoms with Crippen molar-refractivity contribution in [1.82, 2.24) is 4.90 Å². The molecular weight excluding hydrogens is 426 g/mol. The van der Waals surface area contributed by atoms with Crippen molar-refractivity contribution in [3.8, 4) is 5.75 Å². The molecule has 7 nitrogen and oxygen atoms in total. The van der Waals surface area contributed by atoms with Crippen molar-refractivity contribution >= 4 is 33.5 Å². The van der Waals surface area contributed by atoms with Crippen molar-refractivity contribution in [1.29, 1.82) is 0 Å². The van der Waals surface area contributed by atoms with Gasteiger partial charge in [-0.2, -0.15) is 0 Å². The standard InChI is InChI=1S/C21H29NO6S2/c1-27-19-12-17(29-2)8-9-18(19)21(24)28-13-20(23)22(15-6-4-3-5-7-15)16-10-11-30(25,26)14-16/h8-9,12,15-16H,3-7,10-11,13-14H2,1-2H3. The molecule has 1 saturated heterocycles. The van der Waals surface area contributed by atoms with Gasteiger partial charge in [0.1, 0.15) is 11.3 Å². The maximum absolute atomic E-state index is 13.1. The number of nitrogens with zero attached hydrogens (tertiary/aromatic N) is 1. The van der Waals surface area contributed by atoms with Crippen molar-refractivity contribution in [2.45, 2.75) is 55.5 Å². The number of hydrogen-bond donors (Lipinski definition) is 0. The maximum Gasteiger partial charge on any atom is 0.342 e. The molecule has 1 saturated carbocycles. The van der Waals surface area contributed by atoms with E-state index in [1.807, 2.05) is 6.26 Å². The molecular formula is C21H29NO6S2. The molecule has 2 fully saturated rings. The van der Waals surface area contributed by atoms with Crippen molar-refractivity contribution in [2.75, 3.05) is 31.5 Å². The lowest BCUT2D eigenvalue weighted by Crippen LogP contribution is -2.50. The number of thioether (sulfide) groups is 1. The molecule has 2 aliphatic rings. The molecule has 0 radical (unpaired) electrons. The molecule has 1 aromatic rings. The zero-order valence-corrected chi connectivity index (χ0v) is 19.1. The molecule has 9 heteroatoms. The van der Waals surface area contributed by atoms with E-state index in [-0.39, 0.29) is 35.1 Å². The lowest BCUT2D eigenvalue weighted by molar-refractivity contribution is -0.140. The Hall–Kier alpha value is -1.74. The summed E-state index contributed by atoms with van der Waals surface area (Å²) in [6.45, 7) is -0.403. The number of ether oxygens (including phenoxy) is 2. The molecule has 1 aromatic carbocycles. The number of carbonyl (C=O) groups is 2. The summed E-state index contributed by atoms with van der Waals surface area (Å²) in [5, 5.41) is 0. The summed E-state index contributed by atoms with van der Waals surface area (Å²) in [5.41, 5.74) is 0.260. The minimum absolute atomic E-state index is 0.00679. The Kier molecular flexibility index (Phi) is 7.68. The van der Waals surface area contributed by atoms with E-state index < -0.39 is 22.4 Å². The fourth-order valence-electron chi connectivity index (χ4n) is 4.31. The molecule has 1 amide bonds. The van der Waals surface area contributed by atoms with Crippen molar-refractivity contribution < 1.29 is 27.5 Å². The number of benzene rings is 1. The second-order valence-electron chi connectivity index (χ2n) is 7.79. The molecule has 1 heterocycles. The SMILES string of the molecule is COc1cc(SC)ccc1C(=O)OCC(=O)N(C1CCCCC1)C1CCS(=O)(=O)C1. The Bertz CT molecular complexity index is 879. The molecule has 0 N–H and O–H groups in total. The molecule has 1 aliphatic heterocycles. The minimum atomic E-state index is -3.12. The molecule has 0 bridgehead atoms. The highest BCUT2D eigenvalue weighted by molar-refractivity contribution is 7.98. The van der Waals surface area contributed by atoms with Gasteiger partial charge in [-0.15, -0.1) is 11.8 Å². The van der Waals surface area contributed by atoms with Gasteiger partial charge in [0.25, 0.3) is 5.91 Å². The highest BCUT2D eigenvalue weighted by atomic mass is 32.2. The van der Waals surface area contributed by atoms with Crippen molar-refractivity contribution in [3.63, 3.8) is 0 Å². The van der Waals surface area contributed by atoms with Crippen LogP contribution in [-0.2, 0) is 19.4 Å². The van der Waals surface area contributed by atoms with Crippen molar-refractivity contribution in [3.05, 3.63) is 23.8 Å². The Morgan fingerprint density at radius 1 is 1.13 bits per heavy atom. The van der Waals surface area contributed by atoms with E-state index in [1.165, 1.54) is 18.9 Å². The van der Waals surface area contributed by atoms with Crippen LogP contribution < -0.4 is 4.74 Å². The number of rotatable bonds is 7. The van der Waals surface area contributed by atoms with Gasteiger partial charge in [-0.3, -0.25) is 4.79 Å². The van der Waals surface area contributed by atoms with Crippen LogP contribution in [0.15, 0.2) is 23.1 Å². The third-order valence-electron chi connectivity index (χ3n) is 5.81. The topological polar surface area (TPSA) is 90.0 Å². The summed E-state index contributed by atoms with van der Waals surface area (Å²) in [7, 11) is -1.64. The first kappa shape index (κ1) is 22.9. The van der Waals surface area contributed by atoms with Gasteiger partial charge in [0.15, 0.2) is 16.4 Å². The molecule has 0 spiro atoms. The van der Waals surface area contributed by atoms with Crippen LogP contribution in [0.25, 0.3) is 0 Å². The monoisotopic (exact) mass is 455 g/mol. The van der Waals surface area contributed by atoms with Crippen LogP contribution in [0.5, 0.6) is 5.75 Å². The van der Waals surface area contributed by atoms with Gasteiger partial charge in [0.05, 0.1) is 18.6 Å². The van der Waals surface area contributed by atoms with Crippen LogP contribution in [0, 0.1) is 0 Å². The van der Waals surface area contributed by atoms with Crippen LogP contribution in [0.1, 0.15) is 48.9 Å². The van der Waals surface area contributed by atoms with E-state index in [1.54, 1.807) is 23.1 Å². The number of carbonyl (C=O) groups excluding carboxylic acids is 2. The molecule has 166 valence electrons. The quantitative estimate of drug-likeness (QED) is 0.461. The molecule has 0 aromatic heterocycles. The van der Waals surface area contributed by atoms with Crippen LogP contribution in [0.4, 0.5) is 0 Å². The molecule has 3 rings (SSSR count). The number of amides is 1. The lowest BCUT2D eigenvalue weighted by atomic mass is 9.93. The smallest absolute Gasteiger partial charge is 0.342 e. The van der Waals surface area contributed by atoms with Gasteiger partial charge < -0.3 is 14.4 Å². The number of esters is 1. The van der Waals surface area contributed by atoms with E-state index in [4.69, 9.17) is 9.47 Å². The van der Waals surface area contributed by atoms with Gasteiger partial charge in [0, 0.05) is 17.0 Å². The first-order valence-electron chi connectivity index (χ1n) is 10.3. The highest BCUT2D eigenvalue weighted by Gasteiger charge is 2.38. The summed E-state index contributed by atoms with van der Waals surface area (Å²) < 4.78 is 34.6. The van der Waals surface area contributed by atoms with E-state index in [0.717, 1.165) is 37.0 Å². The van der Waals surface area contributed by atoms with E-state index in [0.29, 0.717) is 12.2 Å². The summed E-state index contributed by atoms with van der Waals surface area (Å²) in [5.74, 6) is -0.460. The summed E-state index contributed by atoms with van der Waals surface area (Å²) in [6, 6.07) is 4.85. The van der Waals surface area contributed by atoms with E-state index in [9.17, 15) is 18.0 Å². The van der Waals surface area contributed by atoms with Crippen molar-refractivity contribution in [2.24, 2.45) is 0 Å². The molecule has 1 unspecified atom stereocenters. The Morgan fingerprint density at radius 2 is 1.87 bits per heavy atom. The second kappa shape index (κ2) is 10.0. The normalized spacial score (nSPS) is 21.2. The van der Waals surface area contributed by atoms with Gasteiger partial charge in [-0.05, 0) is 43.7 Å². The van der Waals surface area contributed by atoms with Gasteiger partial charge in [-0.1, -0.05) is 19.3 Å². The fourth-order valence-corrected chi connectivity index (χ4v) is 6.45. The molecule has 1 aliphatic carbocycles. The summed E-state index contributed by atoms with van der Waals surface area (Å²) in [4.78, 5) is 28.3. The van der Waals surface area contributed by atoms with Gasteiger partial charge >= 0.3 is 5.97 Å². The zero-order chi connectivity index (χ0) is 21.7. The second-order valence-corrected chi connectivity index (χ2v) is 10.9. The number of hydrogen-bond acceptors (Lipinski definition) is 7. The van der Waals surface area contributed by atoms with Crippen LogP contribution >= 0.6 is 11.8 Å². The van der Waals surface area contributed by atoms with Gasteiger partial charge in [-0.25, -0.2) is 13.2 Å². The van der Waals surface area contributed by atoms with Crippen LogP contribution in [0.2, 0.25) is 0 Å². The highest BCUT2D eigenvalue weighted by Crippen LogP contribution is 2.29. The first-order valence-corrected chi connectivity index (χ1v) is 13.3. The lowest BCUT2D eigenvalue weighted by Gasteiger charge is -2.38. The first-order chi connectivity index (χ1) is 14.3. The van der Waals surface area contributed by atoms with Gasteiger partial charge in [0.2, 0.25) is 0 Å². The van der Waals surface area contributed by atoms with Crippen LogP contribution in [0.3, 0.4) is 0 Å². The third kappa shape index (κ3) is 5.49. The Labute approximate surface area is 182 Å². The third-order valence-corrected chi connectivity index (χ3v) is 8.29. The Balaban J connectivity index is 1.70. The van der Waals surface area contributed by atoms with E-state index in [2.05, 4.69) is 0 Å². The Morgan fingerprint density at radius 3 is 2.47 bits per heavy atom.